The summed E-state index contributed by atoms with van der Waals surface area (Å²) in [5.41, 5.74) is 5.35. The lowest BCUT2D eigenvalue weighted by Gasteiger charge is -2.14. The van der Waals surface area contributed by atoms with Crippen LogP contribution in [0, 0.1) is 6.92 Å². The number of hydrogen-bond acceptors (Lipinski definition) is 5. The second-order valence-electron chi connectivity index (χ2n) is 8.24. The average molecular weight is 459 g/mol. The smallest absolute Gasteiger partial charge is 0.255 e. The maximum atomic E-state index is 13.0. The van der Waals surface area contributed by atoms with Crippen LogP contribution in [-0.2, 0) is 0 Å². The number of fused-ring (bicyclic) bond motifs is 1. The largest absolute Gasteiger partial charge is 0.490 e. The lowest BCUT2D eigenvalue weighted by atomic mass is 10.0. The van der Waals surface area contributed by atoms with Crippen molar-refractivity contribution in [3.05, 3.63) is 66.0 Å². The summed E-state index contributed by atoms with van der Waals surface area (Å²) in [7, 11) is 0. The van der Waals surface area contributed by atoms with Gasteiger partial charge in [-0.25, -0.2) is 9.50 Å². The fourth-order valence-corrected chi connectivity index (χ4v) is 4.02. The Hall–Kier alpha value is -3.87. The van der Waals surface area contributed by atoms with Gasteiger partial charge in [-0.2, -0.15) is 5.10 Å². The molecule has 4 rings (SSSR count). The van der Waals surface area contributed by atoms with E-state index in [2.05, 4.69) is 5.32 Å². The van der Waals surface area contributed by atoms with Crippen LogP contribution in [0.1, 0.15) is 43.7 Å². The summed E-state index contributed by atoms with van der Waals surface area (Å²) in [6.45, 7) is 10.8. The molecule has 1 N–H and O–H groups in total. The highest BCUT2D eigenvalue weighted by molar-refractivity contribution is 6.00. The van der Waals surface area contributed by atoms with Crippen LogP contribution < -0.4 is 14.8 Å². The molecule has 2 heterocycles. The molecular weight excluding hydrogens is 428 g/mol. The van der Waals surface area contributed by atoms with Gasteiger partial charge in [0.05, 0.1) is 30.2 Å². The SMILES string of the molecule is CCOc1ccc(-c2c(C)nn3c(-c4ccccc4)c(C(=O)NC(C)C)cnc23)cc1OCC. The zero-order valence-electron chi connectivity index (χ0n) is 20.3. The molecule has 0 saturated heterocycles. The molecular formula is C27H30N4O3. The average Bonchev–Trinajstić information content (AvgIpc) is 3.15. The Kier molecular flexibility index (Phi) is 6.82. The van der Waals surface area contributed by atoms with E-state index < -0.39 is 0 Å². The van der Waals surface area contributed by atoms with Gasteiger partial charge in [0.2, 0.25) is 0 Å². The maximum Gasteiger partial charge on any atom is 0.255 e. The molecule has 34 heavy (non-hydrogen) atoms. The fraction of sp³-hybridized carbons (Fsp3) is 0.296. The zero-order valence-corrected chi connectivity index (χ0v) is 20.3. The molecule has 2 aromatic heterocycles. The van der Waals surface area contributed by atoms with Crippen LogP contribution >= 0.6 is 0 Å². The van der Waals surface area contributed by atoms with E-state index in [9.17, 15) is 4.79 Å². The molecule has 0 atom stereocenters. The Labute approximate surface area is 199 Å². The quantitative estimate of drug-likeness (QED) is 0.387. The molecule has 0 saturated carbocycles. The topological polar surface area (TPSA) is 77.8 Å². The monoisotopic (exact) mass is 458 g/mol. The Morgan fingerprint density at radius 2 is 1.71 bits per heavy atom. The van der Waals surface area contributed by atoms with E-state index in [0.29, 0.717) is 41.6 Å². The molecule has 0 fully saturated rings. The van der Waals surface area contributed by atoms with Crippen LogP contribution in [-0.4, -0.2) is 39.8 Å². The molecule has 7 heteroatoms. The predicted molar refractivity (Wildman–Crippen MR) is 134 cm³/mol. The molecule has 0 radical (unpaired) electrons. The van der Waals surface area contributed by atoms with E-state index >= 15 is 0 Å². The van der Waals surface area contributed by atoms with Crippen molar-refractivity contribution >= 4 is 11.6 Å². The first-order chi connectivity index (χ1) is 16.4. The van der Waals surface area contributed by atoms with Crippen LogP contribution in [0.4, 0.5) is 0 Å². The van der Waals surface area contributed by atoms with Gasteiger partial charge in [-0.05, 0) is 52.3 Å². The Morgan fingerprint density at radius 3 is 2.38 bits per heavy atom. The lowest BCUT2D eigenvalue weighted by Crippen LogP contribution is -2.31. The van der Waals surface area contributed by atoms with E-state index in [1.165, 1.54) is 0 Å². The number of amides is 1. The minimum Gasteiger partial charge on any atom is -0.490 e. The van der Waals surface area contributed by atoms with Crippen molar-refractivity contribution in [3.8, 4) is 33.9 Å². The molecule has 0 aliphatic carbocycles. The van der Waals surface area contributed by atoms with Crippen molar-refractivity contribution < 1.29 is 14.3 Å². The number of aryl methyl sites for hydroxylation is 1. The Bertz CT molecular complexity index is 1310. The van der Waals surface area contributed by atoms with Gasteiger partial charge in [0.1, 0.15) is 0 Å². The van der Waals surface area contributed by atoms with Crippen molar-refractivity contribution in [2.75, 3.05) is 13.2 Å². The maximum absolute atomic E-state index is 13.0. The zero-order chi connectivity index (χ0) is 24.2. The Morgan fingerprint density at radius 1 is 1.00 bits per heavy atom. The molecule has 0 bridgehead atoms. The molecule has 7 nitrogen and oxygen atoms in total. The fourth-order valence-electron chi connectivity index (χ4n) is 4.02. The number of hydrogen-bond donors (Lipinski definition) is 1. The summed E-state index contributed by atoms with van der Waals surface area (Å²) < 4.78 is 13.3. The van der Waals surface area contributed by atoms with Gasteiger partial charge >= 0.3 is 0 Å². The first kappa shape index (κ1) is 23.3. The van der Waals surface area contributed by atoms with Crippen molar-refractivity contribution in [1.82, 2.24) is 19.9 Å². The summed E-state index contributed by atoms with van der Waals surface area (Å²) >= 11 is 0. The highest BCUT2D eigenvalue weighted by Crippen LogP contribution is 2.37. The van der Waals surface area contributed by atoms with E-state index in [0.717, 1.165) is 22.4 Å². The number of ether oxygens (including phenoxy) is 2. The van der Waals surface area contributed by atoms with Crippen molar-refractivity contribution in [2.24, 2.45) is 0 Å². The molecule has 0 unspecified atom stereocenters. The Balaban J connectivity index is 1.94. The number of rotatable bonds is 8. The van der Waals surface area contributed by atoms with E-state index in [-0.39, 0.29) is 11.9 Å². The van der Waals surface area contributed by atoms with Gasteiger partial charge in [-0.1, -0.05) is 36.4 Å². The lowest BCUT2D eigenvalue weighted by molar-refractivity contribution is 0.0943. The molecule has 2 aromatic carbocycles. The number of nitrogens with one attached hydrogen (secondary N) is 1. The predicted octanol–water partition coefficient (Wildman–Crippen LogP) is 5.31. The highest BCUT2D eigenvalue weighted by atomic mass is 16.5. The van der Waals surface area contributed by atoms with E-state index in [1.54, 1.807) is 10.7 Å². The number of aromatic nitrogens is 3. The van der Waals surface area contributed by atoms with Gasteiger partial charge in [0, 0.05) is 23.4 Å². The minimum atomic E-state index is -0.183. The molecule has 1 amide bonds. The number of carbonyl (C=O) groups excluding carboxylic acids is 1. The number of benzene rings is 2. The molecule has 4 aromatic rings. The van der Waals surface area contributed by atoms with E-state index in [4.69, 9.17) is 19.6 Å². The van der Waals surface area contributed by atoms with Crippen LogP contribution in [0.2, 0.25) is 0 Å². The first-order valence-corrected chi connectivity index (χ1v) is 11.6. The van der Waals surface area contributed by atoms with Gasteiger partial charge in [-0.3, -0.25) is 4.79 Å². The number of carbonyl (C=O) groups is 1. The number of nitrogens with zero attached hydrogens (tertiary/aromatic N) is 3. The molecule has 176 valence electrons. The van der Waals surface area contributed by atoms with Crippen LogP contribution in [0.3, 0.4) is 0 Å². The third-order valence-electron chi connectivity index (χ3n) is 5.36. The van der Waals surface area contributed by atoms with E-state index in [1.807, 2.05) is 83.1 Å². The molecule has 0 spiro atoms. The van der Waals surface area contributed by atoms with Crippen LogP contribution in [0.25, 0.3) is 28.0 Å². The first-order valence-electron chi connectivity index (χ1n) is 11.6. The van der Waals surface area contributed by atoms with Gasteiger partial charge in [0.25, 0.3) is 5.91 Å². The van der Waals surface area contributed by atoms with Crippen molar-refractivity contribution in [1.29, 1.82) is 0 Å². The van der Waals surface area contributed by atoms with Gasteiger partial charge in [0.15, 0.2) is 17.1 Å². The third-order valence-corrected chi connectivity index (χ3v) is 5.36. The second-order valence-corrected chi connectivity index (χ2v) is 8.24. The molecule has 0 aliphatic heterocycles. The summed E-state index contributed by atoms with van der Waals surface area (Å²) in [4.78, 5) is 17.7. The summed E-state index contributed by atoms with van der Waals surface area (Å²) in [6, 6.07) is 15.7. The standard InChI is InChI=1S/C27H30N4O3/c1-6-33-22-14-13-20(15-23(22)34-7-2)24-18(5)30-31-25(19-11-9-8-10-12-19)21(16-28-26(24)31)27(32)29-17(3)4/h8-17H,6-7H2,1-5H3,(H,29,32). The summed E-state index contributed by atoms with van der Waals surface area (Å²) in [5, 5.41) is 7.80. The highest BCUT2D eigenvalue weighted by Gasteiger charge is 2.23. The van der Waals surface area contributed by atoms with Crippen molar-refractivity contribution in [2.45, 2.75) is 40.7 Å². The van der Waals surface area contributed by atoms with Gasteiger partial charge < -0.3 is 14.8 Å². The van der Waals surface area contributed by atoms with Gasteiger partial charge in [-0.15, -0.1) is 0 Å². The third kappa shape index (κ3) is 4.46. The molecule has 0 aliphatic rings. The summed E-state index contributed by atoms with van der Waals surface area (Å²) in [6.07, 6.45) is 1.64. The summed E-state index contributed by atoms with van der Waals surface area (Å²) in [5.74, 6) is 1.20. The van der Waals surface area contributed by atoms with Crippen LogP contribution in [0.15, 0.2) is 54.7 Å². The van der Waals surface area contributed by atoms with Crippen molar-refractivity contribution in [3.63, 3.8) is 0 Å². The second kappa shape index (κ2) is 9.95. The van der Waals surface area contributed by atoms with Crippen LogP contribution in [0.5, 0.6) is 11.5 Å². The minimum absolute atomic E-state index is 0.00239. The normalized spacial score (nSPS) is 11.1.